The molecular formula is C21H28ClNO3S2. The third-order valence-corrected chi connectivity index (χ3v) is 8.69. The van der Waals surface area contributed by atoms with Crippen LogP contribution in [0.3, 0.4) is 0 Å². The van der Waals surface area contributed by atoms with Crippen molar-refractivity contribution >= 4 is 39.5 Å². The molecule has 2 unspecified atom stereocenters. The molecule has 0 radical (unpaired) electrons. The Morgan fingerprint density at radius 2 is 1.82 bits per heavy atom. The van der Waals surface area contributed by atoms with E-state index >= 15 is 0 Å². The number of hydrogen-bond acceptors (Lipinski definition) is 4. The molecule has 0 heterocycles. The van der Waals surface area contributed by atoms with Crippen molar-refractivity contribution in [1.82, 2.24) is 5.32 Å². The molecule has 4 saturated carbocycles. The van der Waals surface area contributed by atoms with Crippen LogP contribution >= 0.6 is 23.8 Å². The molecule has 4 bridgehead atoms. The lowest BCUT2D eigenvalue weighted by Crippen LogP contribution is -2.62. The summed E-state index contributed by atoms with van der Waals surface area (Å²) in [6, 6.07) is 7.64. The summed E-state index contributed by atoms with van der Waals surface area (Å²) in [5, 5.41) is 4.31. The summed E-state index contributed by atoms with van der Waals surface area (Å²) in [6.07, 6.45) is 5.47. The van der Waals surface area contributed by atoms with Crippen LogP contribution in [0.25, 0.3) is 0 Å². The first-order valence-corrected chi connectivity index (χ1v) is 12.2. The Balaban J connectivity index is 1.44. The fourth-order valence-corrected chi connectivity index (χ4v) is 7.30. The molecule has 154 valence electrons. The summed E-state index contributed by atoms with van der Waals surface area (Å²) in [6.45, 7) is 3.97. The zero-order valence-corrected chi connectivity index (χ0v) is 18.8. The molecule has 4 aliphatic rings. The average Bonchev–Trinajstić information content (AvgIpc) is 2.58. The number of halogens is 1. The van der Waals surface area contributed by atoms with Crippen LogP contribution in [0.5, 0.6) is 5.75 Å². The number of rotatable bonds is 6. The quantitative estimate of drug-likeness (QED) is 0.511. The highest BCUT2D eigenvalue weighted by atomic mass is 35.5. The van der Waals surface area contributed by atoms with Gasteiger partial charge >= 0.3 is 0 Å². The van der Waals surface area contributed by atoms with E-state index in [0.29, 0.717) is 39.6 Å². The lowest BCUT2D eigenvalue weighted by atomic mass is 9.48. The Kier molecular flexibility index (Phi) is 5.43. The van der Waals surface area contributed by atoms with Crippen LogP contribution in [-0.2, 0) is 10.7 Å². The Labute approximate surface area is 179 Å². The van der Waals surface area contributed by atoms with E-state index in [1.165, 1.54) is 12.8 Å². The number of ether oxygens (including phenoxy) is 1. The molecule has 1 aromatic rings. The average molecular weight is 442 g/mol. The minimum absolute atomic E-state index is 0.0147. The molecular weight excluding hydrogens is 414 g/mol. The van der Waals surface area contributed by atoms with E-state index in [1.807, 2.05) is 38.1 Å². The van der Waals surface area contributed by atoms with Gasteiger partial charge in [-0.15, -0.1) is 0 Å². The predicted molar refractivity (Wildman–Crippen MR) is 117 cm³/mol. The third-order valence-electron chi connectivity index (χ3n) is 6.90. The van der Waals surface area contributed by atoms with Crippen LogP contribution < -0.4 is 10.1 Å². The smallest absolute Gasteiger partial charge is 0.153 e. The van der Waals surface area contributed by atoms with Crippen molar-refractivity contribution in [2.45, 2.75) is 57.6 Å². The summed E-state index contributed by atoms with van der Waals surface area (Å²) in [5.74, 6) is 2.78. The second kappa shape index (κ2) is 7.44. The molecule has 4 aliphatic carbocycles. The predicted octanol–water partition coefficient (Wildman–Crippen LogP) is 4.22. The Hall–Kier alpha value is -0.850. The normalized spacial score (nSPS) is 33.9. The van der Waals surface area contributed by atoms with Crippen LogP contribution in [0.2, 0.25) is 5.02 Å². The molecule has 2 atom stereocenters. The first-order chi connectivity index (χ1) is 13.2. The second-order valence-corrected chi connectivity index (χ2v) is 11.4. The maximum atomic E-state index is 11.4. The summed E-state index contributed by atoms with van der Waals surface area (Å²) < 4.78 is 29.0. The zero-order chi connectivity index (χ0) is 20.1. The van der Waals surface area contributed by atoms with Gasteiger partial charge in [0, 0.05) is 11.1 Å². The molecule has 0 aliphatic heterocycles. The van der Waals surface area contributed by atoms with Gasteiger partial charge in [-0.2, -0.15) is 0 Å². The third kappa shape index (κ3) is 4.05. The molecule has 0 saturated heterocycles. The van der Waals surface area contributed by atoms with Gasteiger partial charge in [0.15, 0.2) is 5.60 Å². The molecule has 1 N–H and O–H groups in total. The van der Waals surface area contributed by atoms with Crippen LogP contribution in [0.1, 0.15) is 46.0 Å². The van der Waals surface area contributed by atoms with E-state index < -0.39 is 16.3 Å². The van der Waals surface area contributed by atoms with Gasteiger partial charge in [0.05, 0.1) is 5.75 Å². The van der Waals surface area contributed by atoms with Gasteiger partial charge in [0.25, 0.3) is 0 Å². The summed E-state index contributed by atoms with van der Waals surface area (Å²) in [5.41, 5.74) is -0.616. The van der Waals surface area contributed by atoms with E-state index in [-0.39, 0.29) is 5.41 Å². The van der Waals surface area contributed by atoms with Crippen molar-refractivity contribution < 1.29 is 13.2 Å². The SMILES string of the molecule is CC(C)(Oc1ccc(Cl)cc1)C(=S)NC1C2CC3CC1CC(C[SH](=O)=O)(C3)C2. The fourth-order valence-electron chi connectivity index (χ4n) is 6.06. The first-order valence-electron chi connectivity index (χ1n) is 10.0. The number of thiocarbonyl (C=S) groups is 1. The lowest BCUT2D eigenvalue weighted by Gasteiger charge is -2.60. The number of thiol groups is 1. The maximum absolute atomic E-state index is 11.4. The fraction of sp³-hybridized carbons (Fsp3) is 0.667. The molecule has 4 nitrogen and oxygen atoms in total. The molecule has 0 amide bonds. The molecule has 7 heteroatoms. The summed E-state index contributed by atoms with van der Waals surface area (Å²) in [4.78, 5) is 0.712. The minimum Gasteiger partial charge on any atom is -0.481 e. The highest BCUT2D eigenvalue weighted by Crippen LogP contribution is 2.60. The Bertz CT molecular complexity index is 813. The molecule has 4 fully saturated rings. The van der Waals surface area contributed by atoms with Crippen LogP contribution in [0.4, 0.5) is 0 Å². The van der Waals surface area contributed by atoms with Gasteiger partial charge in [-0.1, -0.05) is 23.8 Å². The molecule has 1 aromatic carbocycles. The topological polar surface area (TPSA) is 55.4 Å². The van der Waals surface area contributed by atoms with E-state index in [4.69, 9.17) is 28.6 Å². The van der Waals surface area contributed by atoms with Gasteiger partial charge < -0.3 is 10.1 Å². The molecule has 28 heavy (non-hydrogen) atoms. The second-order valence-electron chi connectivity index (χ2n) is 9.53. The van der Waals surface area contributed by atoms with Crippen LogP contribution in [0.15, 0.2) is 24.3 Å². The van der Waals surface area contributed by atoms with E-state index in [1.54, 1.807) is 0 Å². The van der Waals surface area contributed by atoms with Crippen molar-refractivity contribution in [3.05, 3.63) is 29.3 Å². The van der Waals surface area contributed by atoms with Crippen molar-refractivity contribution in [2.24, 2.45) is 23.2 Å². The minimum atomic E-state index is -2.32. The van der Waals surface area contributed by atoms with Crippen LogP contribution in [-0.4, -0.2) is 30.8 Å². The van der Waals surface area contributed by atoms with Crippen molar-refractivity contribution in [3.8, 4) is 5.75 Å². The molecule has 0 aromatic heterocycles. The maximum Gasteiger partial charge on any atom is 0.153 e. The van der Waals surface area contributed by atoms with Gasteiger partial charge in [-0.25, -0.2) is 8.42 Å². The largest absolute Gasteiger partial charge is 0.481 e. The molecule has 0 spiro atoms. The van der Waals surface area contributed by atoms with E-state index in [0.717, 1.165) is 25.0 Å². The number of benzene rings is 1. The highest BCUT2D eigenvalue weighted by Gasteiger charge is 2.55. The standard InChI is InChI=1S/C21H28ClNO3S2/c1-20(2,26-17-5-3-16(22)4-6-17)19(27)23-18-14-7-13-8-15(18)11-21(9-13,10-14)12-28(24)25/h3-6,13-15,18,28H,7-12H2,1-2H3,(H,23,27). The van der Waals surface area contributed by atoms with Crippen molar-refractivity contribution in [3.63, 3.8) is 0 Å². The van der Waals surface area contributed by atoms with Crippen molar-refractivity contribution in [2.75, 3.05) is 5.75 Å². The first kappa shape index (κ1) is 20.4. The zero-order valence-electron chi connectivity index (χ0n) is 16.3. The summed E-state index contributed by atoms with van der Waals surface area (Å²) in [7, 11) is -2.32. The van der Waals surface area contributed by atoms with E-state index in [9.17, 15) is 8.42 Å². The number of hydrogen-bond donors (Lipinski definition) is 2. The van der Waals surface area contributed by atoms with Crippen LogP contribution in [0, 0.1) is 23.2 Å². The van der Waals surface area contributed by atoms with Gasteiger partial charge in [0.1, 0.15) is 21.4 Å². The summed E-state index contributed by atoms with van der Waals surface area (Å²) >= 11 is 11.7. The van der Waals surface area contributed by atoms with Gasteiger partial charge in [-0.3, -0.25) is 0 Å². The Morgan fingerprint density at radius 1 is 1.21 bits per heavy atom. The monoisotopic (exact) mass is 441 g/mol. The number of nitrogens with one attached hydrogen (secondary N) is 1. The van der Waals surface area contributed by atoms with E-state index in [2.05, 4.69) is 5.32 Å². The van der Waals surface area contributed by atoms with Crippen molar-refractivity contribution in [1.29, 1.82) is 0 Å². The van der Waals surface area contributed by atoms with Gasteiger partial charge in [-0.05, 0) is 93.4 Å². The lowest BCUT2D eigenvalue weighted by molar-refractivity contribution is -0.0600. The Morgan fingerprint density at radius 3 is 2.39 bits per heavy atom. The van der Waals surface area contributed by atoms with Gasteiger partial charge in [0.2, 0.25) is 0 Å². The highest BCUT2D eigenvalue weighted by molar-refractivity contribution is 7.80. The molecule has 5 rings (SSSR count).